The van der Waals surface area contributed by atoms with Crippen molar-refractivity contribution in [3.05, 3.63) is 109 Å². The predicted molar refractivity (Wildman–Crippen MR) is 149 cm³/mol. The first-order chi connectivity index (χ1) is 19.2. The summed E-state index contributed by atoms with van der Waals surface area (Å²) in [5.41, 5.74) is 1.87. The highest BCUT2D eigenvalue weighted by atomic mass is 32.1. The monoisotopic (exact) mass is 558 g/mol. The molecule has 2 aromatic carbocycles. The summed E-state index contributed by atoms with van der Waals surface area (Å²) in [7, 11) is 1.57. The molecular weight excluding hydrogens is 532 g/mol. The van der Waals surface area contributed by atoms with Gasteiger partial charge in [-0.3, -0.25) is 9.36 Å². The molecule has 0 fully saturated rings. The van der Waals surface area contributed by atoms with E-state index in [4.69, 9.17) is 13.9 Å². The van der Waals surface area contributed by atoms with Gasteiger partial charge in [-0.25, -0.2) is 14.6 Å². The van der Waals surface area contributed by atoms with Crippen molar-refractivity contribution < 1.29 is 28.6 Å². The summed E-state index contributed by atoms with van der Waals surface area (Å²) in [6.07, 6.45) is 1.27. The topological polar surface area (TPSA) is 120 Å². The summed E-state index contributed by atoms with van der Waals surface area (Å²) < 4.78 is 18.6. The summed E-state index contributed by atoms with van der Waals surface area (Å²) in [5, 5.41) is 9.29. The fourth-order valence-electron chi connectivity index (χ4n) is 4.48. The van der Waals surface area contributed by atoms with Crippen molar-refractivity contribution in [3.8, 4) is 17.1 Å². The van der Waals surface area contributed by atoms with Gasteiger partial charge in [0.2, 0.25) is 0 Å². The molecule has 0 saturated carbocycles. The number of aromatic nitrogens is 1. The second-order valence-corrected chi connectivity index (χ2v) is 10.4. The third-order valence-corrected chi connectivity index (χ3v) is 7.29. The first-order valence-electron chi connectivity index (χ1n) is 12.5. The molecule has 1 atom stereocenters. The molecule has 0 radical (unpaired) electrons. The van der Waals surface area contributed by atoms with Gasteiger partial charge in [-0.1, -0.05) is 35.6 Å². The average Bonchev–Trinajstić information content (AvgIpc) is 3.52. The minimum absolute atomic E-state index is 0.143. The Morgan fingerprint density at radius 1 is 1.12 bits per heavy atom. The molecule has 204 valence electrons. The Balaban J connectivity index is 1.61. The van der Waals surface area contributed by atoms with Gasteiger partial charge < -0.3 is 19.0 Å². The lowest BCUT2D eigenvalue weighted by molar-refractivity contribution is -0.143. The van der Waals surface area contributed by atoms with Crippen LogP contribution in [0.15, 0.2) is 86.1 Å². The smallest absolute Gasteiger partial charge is 0.338 e. The zero-order valence-corrected chi connectivity index (χ0v) is 23.0. The second kappa shape index (κ2) is 10.8. The number of fused-ring (bicyclic) bond motifs is 1. The van der Waals surface area contributed by atoms with E-state index in [0.717, 1.165) is 0 Å². The maximum atomic E-state index is 13.8. The van der Waals surface area contributed by atoms with Crippen LogP contribution < -0.4 is 19.6 Å². The molecule has 5 rings (SSSR count). The van der Waals surface area contributed by atoms with Gasteiger partial charge in [0.15, 0.2) is 4.80 Å². The number of carbonyl (C=O) groups is 2. The van der Waals surface area contributed by atoms with E-state index < -0.39 is 18.0 Å². The quantitative estimate of drug-likeness (QED) is 0.338. The lowest BCUT2D eigenvalue weighted by atomic mass is 9.96. The number of nitrogens with zero attached hydrogens (tertiary/aromatic N) is 2. The Kier molecular flexibility index (Phi) is 7.27. The molecule has 10 heteroatoms. The van der Waals surface area contributed by atoms with Gasteiger partial charge in [-0.05, 0) is 62.7 Å². The first-order valence-corrected chi connectivity index (χ1v) is 13.3. The normalized spacial score (nSPS) is 15.1. The molecular formula is C30H26N2O7S. The predicted octanol–water partition coefficient (Wildman–Crippen LogP) is 4.15. The number of carboxylic acids is 1. The number of hydrogen-bond acceptors (Lipinski definition) is 8. The van der Waals surface area contributed by atoms with Crippen LogP contribution in [0.2, 0.25) is 0 Å². The van der Waals surface area contributed by atoms with Crippen LogP contribution in [0.25, 0.3) is 17.4 Å². The van der Waals surface area contributed by atoms with Gasteiger partial charge in [0.25, 0.3) is 5.56 Å². The molecule has 1 N–H and O–H groups in total. The van der Waals surface area contributed by atoms with Crippen molar-refractivity contribution in [2.45, 2.75) is 32.9 Å². The van der Waals surface area contributed by atoms with Gasteiger partial charge in [0, 0.05) is 11.6 Å². The molecule has 1 aliphatic rings. The maximum absolute atomic E-state index is 13.8. The Morgan fingerprint density at radius 2 is 1.88 bits per heavy atom. The number of allylic oxidation sites excluding steroid dienone is 1. The van der Waals surface area contributed by atoms with Crippen LogP contribution in [0.5, 0.6) is 5.75 Å². The van der Waals surface area contributed by atoms with E-state index in [-0.39, 0.29) is 22.8 Å². The highest BCUT2D eigenvalue weighted by Gasteiger charge is 2.33. The van der Waals surface area contributed by atoms with Gasteiger partial charge >= 0.3 is 11.9 Å². The lowest BCUT2D eigenvalue weighted by Gasteiger charge is -2.25. The van der Waals surface area contributed by atoms with E-state index in [1.54, 1.807) is 70.4 Å². The standard InChI is InChI=1S/C30H26N2O7S/c1-16(2)38-29(36)25-17(3)31-30-32(26(25)18-8-10-21(37-4)11-9-18)27(33)24(40-30)15-22-12-13-23(39-22)19-6-5-7-20(14-19)28(34)35/h5-16,26H,1-4H3,(H,34,35)/b24-15-/t26-/m1/s1. The zero-order valence-electron chi connectivity index (χ0n) is 22.2. The SMILES string of the molecule is COc1ccc([C@@H]2C(C(=O)OC(C)C)=C(C)N=c3s/c(=C\c4ccc(-c5cccc(C(=O)O)c5)o4)c(=O)n32)cc1. The van der Waals surface area contributed by atoms with Gasteiger partial charge in [-0.2, -0.15) is 0 Å². The molecule has 40 heavy (non-hydrogen) atoms. The number of carbonyl (C=O) groups excluding carboxylic acids is 1. The molecule has 0 amide bonds. The van der Waals surface area contributed by atoms with E-state index in [0.29, 0.717) is 43.4 Å². The molecule has 2 aromatic heterocycles. The molecule has 0 unspecified atom stereocenters. The van der Waals surface area contributed by atoms with Crippen molar-refractivity contribution >= 4 is 29.4 Å². The van der Waals surface area contributed by atoms with Crippen LogP contribution in [0.3, 0.4) is 0 Å². The molecule has 3 heterocycles. The van der Waals surface area contributed by atoms with Crippen molar-refractivity contribution in [2.75, 3.05) is 7.11 Å². The second-order valence-electron chi connectivity index (χ2n) is 9.40. The number of benzene rings is 2. The lowest BCUT2D eigenvalue weighted by Crippen LogP contribution is -2.40. The van der Waals surface area contributed by atoms with Crippen LogP contribution in [-0.4, -0.2) is 34.8 Å². The van der Waals surface area contributed by atoms with E-state index in [1.165, 1.54) is 28.0 Å². The minimum Gasteiger partial charge on any atom is -0.497 e. The third-order valence-electron chi connectivity index (χ3n) is 6.31. The Morgan fingerprint density at radius 3 is 2.55 bits per heavy atom. The minimum atomic E-state index is -1.03. The van der Waals surface area contributed by atoms with Crippen molar-refractivity contribution in [3.63, 3.8) is 0 Å². The number of furan rings is 1. The van der Waals surface area contributed by atoms with Crippen molar-refractivity contribution in [1.29, 1.82) is 0 Å². The van der Waals surface area contributed by atoms with Crippen LogP contribution in [0.1, 0.15) is 48.5 Å². The average molecular weight is 559 g/mol. The molecule has 4 aromatic rings. The van der Waals surface area contributed by atoms with Crippen molar-refractivity contribution in [1.82, 2.24) is 4.57 Å². The van der Waals surface area contributed by atoms with E-state index in [9.17, 15) is 19.5 Å². The summed E-state index contributed by atoms with van der Waals surface area (Å²) in [4.78, 5) is 43.4. The van der Waals surface area contributed by atoms with E-state index in [2.05, 4.69) is 4.99 Å². The van der Waals surface area contributed by atoms with Crippen molar-refractivity contribution in [2.24, 2.45) is 4.99 Å². The zero-order chi connectivity index (χ0) is 28.6. The summed E-state index contributed by atoms with van der Waals surface area (Å²) in [6, 6.07) is 16.3. The highest BCUT2D eigenvalue weighted by Crippen LogP contribution is 2.32. The maximum Gasteiger partial charge on any atom is 0.338 e. The van der Waals surface area contributed by atoms with Gasteiger partial charge in [0.1, 0.15) is 17.3 Å². The fourth-order valence-corrected chi connectivity index (χ4v) is 5.51. The largest absolute Gasteiger partial charge is 0.497 e. The van der Waals surface area contributed by atoms with Crippen LogP contribution >= 0.6 is 11.3 Å². The Labute approximate surface area is 232 Å². The van der Waals surface area contributed by atoms with Gasteiger partial charge in [0.05, 0.1) is 40.6 Å². The summed E-state index contributed by atoms with van der Waals surface area (Å²) in [6.45, 7) is 5.26. The fraction of sp³-hybridized carbons (Fsp3) is 0.200. The Hall–Kier alpha value is -4.70. The number of carboxylic acid groups (broad SMARTS) is 1. The van der Waals surface area contributed by atoms with Crippen LogP contribution in [-0.2, 0) is 9.53 Å². The van der Waals surface area contributed by atoms with E-state index in [1.807, 2.05) is 12.1 Å². The highest BCUT2D eigenvalue weighted by molar-refractivity contribution is 7.07. The van der Waals surface area contributed by atoms with E-state index >= 15 is 0 Å². The van der Waals surface area contributed by atoms with Crippen LogP contribution in [0.4, 0.5) is 0 Å². The molecule has 0 spiro atoms. The van der Waals surface area contributed by atoms with Crippen LogP contribution in [0, 0.1) is 0 Å². The number of methoxy groups -OCH3 is 1. The molecule has 0 bridgehead atoms. The molecule has 1 aliphatic heterocycles. The Bertz CT molecular complexity index is 1820. The number of esters is 1. The number of rotatable bonds is 7. The number of hydrogen-bond donors (Lipinski definition) is 1. The number of aromatic carboxylic acids is 1. The first kappa shape index (κ1) is 26.9. The number of thiazole rings is 1. The summed E-state index contributed by atoms with van der Waals surface area (Å²) >= 11 is 1.19. The third kappa shape index (κ3) is 5.13. The summed E-state index contributed by atoms with van der Waals surface area (Å²) in [5.74, 6) is -0.0469. The molecule has 0 aliphatic carbocycles. The molecule has 0 saturated heterocycles. The van der Waals surface area contributed by atoms with Gasteiger partial charge in [-0.15, -0.1) is 0 Å². The number of ether oxygens (including phenoxy) is 2. The molecule has 9 nitrogen and oxygen atoms in total.